The van der Waals surface area contributed by atoms with Gasteiger partial charge < -0.3 is 9.15 Å². The van der Waals surface area contributed by atoms with Gasteiger partial charge in [0.1, 0.15) is 5.82 Å². The molecule has 0 radical (unpaired) electrons. The first kappa shape index (κ1) is 17.2. The van der Waals surface area contributed by atoms with E-state index in [-0.39, 0.29) is 17.6 Å². The van der Waals surface area contributed by atoms with Gasteiger partial charge in [-0.2, -0.15) is 0 Å². The maximum absolute atomic E-state index is 13.0. The summed E-state index contributed by atoms with van der Waals surface area (Å²) in [5.74, 6) is -0.407. The van der Waals surface area contributed by atoms with Crippen molar-refractivity contribution >= 4 is 17.7 Å². The molecule has 3 aromatic rings. The zero-order chi connectivity index (χ0) is 17.8. The Balaban J connectivity index is 1.69. The number of rotatable bonds is 5. The van der Waals surface area contributed by atoms with Gasteiger partial charge in [-0.1, -0.05) is 0 Å². The molecule has 0 fully saturated rings. The lowest BCUT2D eigenvalue weighted by Gasteiger charge is -2.09. The molecule has 25 heavy (non-hydrogen) atoms. The normalized spacial score (nSPS) is 12.0. The molecule has 0 spiro atoms. The molecule has 0 unspecified atom stereocenters. The van der Waals surface area contributed by atoms with Crippen molar-refractivity contribution in [2.24, 2.45) is 0 Å². The zero-order valence-electron chi connectivity index (χ0n) is 13.6. The van der Waals surface area contributed by atoms with Crippen molar-refractivity contribution in [2.75, 3.05) is 6.26 Å². The van der Waals surface area contributed by atoms with Gasteiger partial charge in [-0.3, -0.25) is 0 Å². The number of hydrogen-bond donors (Lipinski definition) is 0. The second-order valence-electron chi connectivity index (χ2n) is 5.23. The number of esters is 1. The van der Waals surface area contributed by atoms with Crippen LogP contribution in [0.15, 0.2) is 57.8 Å². The molecular weight excluding hydrogens is 343 g/mol. The highest BCUT2D eigenvalue weighted by atomic mass is 32.2. The van der Waals surface area contributed by atoms with E-state index in [1.807, 2.05) is 18.4 Å². The fourth-order valence-electron chi connectivity index (χ4n) is 2.11. The molecule has 0 saturated carbocycles. The Kier molecular flexibility index (Phi) is 5.14. The molecule has 0 bridgehead atoms. The Morgan fingerprint density at radius 2 is 1.80 bits per heavy atom. The van der Waals surface area contributed by atoms with Gasteiger partial charge in [0, 0.05) is 10.5 Å². The topological polar surface area (TPSA) is 65.2 Å². The summed E-state index contributed by atoms with van der Waals surface area (Å²) in [6, 6.07) is 12.8. The van der Waals surface area contributed by atoms with E-state index in [4.69, 9.17) is 9.15 Å². The molecule has 0 amide bonds. The third kappa shape index (κ3) is 4.06. The summed E-state index contributed by atoms with van der Waals surface area (Å²) in [6.07, 6.45) is 1.26. The van der Waals surface area contributed by atoms with Crippen LogP contribution in [0.1, 0.15) is 29.3 Å². The number of hydrogen-bond acceptors (Lipinski definition) is 6. The molecule has 1 aromatic heterocycles. The minimum atomic E-state index is -0.700. The largest absolute Gasteiger partial charge is 0.449 e. The summed E-state index contributed by atoms with van der Waals surface area (Å²) in [5, 5.41) is 7.80. The van der Waals surface area contributed by atoms with Crippen LogP contribution in [0.3, 0.4) is 0 Å². The Morgan fingerprint density at radius 1 is 1.12 bits per heavy atom. The van der Waals surface area contributed by atoms with Crippen LogP contribution in [0.2, 0.25) is 0 Å². The van der Waals surface area contributed by atoms with Crippen LogP contribution < -0.4 is 0 Å². The molecule has 2 aromatic carbocycles. The van der Waals surface area contributed by atoms with Crippen molar-refractivity contribution in [1.82, 2.24) is 10.2 Å². The lowest BCUT2D eigenvalue weighted by atomic mass is 10.2. The lowest BCUT2D eigenvalue weighted by Crippen LogP contribution is -2.09. The maximum Gasteiger partial charge on any atom is 0.338 e. The number of aromatic nitrogens is 2. The summed E-state index contributed by atoms with van der Waals surface area (Å²) in [4.78, 5) is 13.2. The number of thioether (sulfide) groups is 1. The van der Waals surface area contributed by atoms with E-state index in [0.29, 0.717) is 11.1 Å². The molecule has 7 heteroatoms. The van der Waals surface area contributed by atoms with E-state index in [9.17, 15) is 9.18 Å². The highest BCUT2D eigenvalue weighted by Crippen LogP contribution is 2.23. The molecule has 0 aliphatic rings. The van der Waals surface area contributed by atoms with E-state index in [0.717, 1.165) is 4.90 Å². The number of nitrogens with zero attached hydrogens (tertiary/aromatic N) is 2. The number of benzene rings is 2. The van der Waals surface area contributed by atoms with Crippen LogP contribution in [0.25, 0.3) is 11.5 Å². The Labute approximate surface area is 148 Å². The van der Waals surface area contributed by atoms with E-state index in [2.05, 4.69) is 10.2 Å². The Morgan fingerprint density at radius 3 is 2.44 bits per heavy atom. The fraction of sp³-hybridized carbons (Fsp3) is 0.167. The molecule has 0 aliphatic heterocycles. The molecule has 0 aliphatic carbocycles. The smallest absolute Gasteiger partial charge is 0.338 e. The first-order valence-corrected chi connectivity index (χ1v) is 8.73. The van der Waals surface area contributed by atoms with E-state index >= 15 is 0 Å². The second kappa shape index (κ2) is 7.48. The average molecular weight is 358 g/mol. The number of carbonyl (C=O) groups excluding carboxylic acids is 1. The monoisotopic (exact) mass is 358 g/mol. The van der Waals surface area contributed by atoms with Gasteiger partial charge in [-0.05, 0) is 61.7 Å². The first-order chi connectivity index (χ1) is 12.1. The SMILES string of the molecule is CSc1ccc(C(=O)O[C@H](C)c2nnc(-c3ccc(F)cc3)o2)cc1. The van der Waals surface area contributed by atoms with Gasteiger partial charge >= 0.3 is 5.97 Å². The fourth-order valence-corrected chi connectivity index (χ4v) is 2.52. The molecule has 1 atom stereocenters. The average Bonchev–Trinajstić information content (AvgIpc) is 3.12. The van der Waals surface area contributed by atoms with Crippen molar-refractivity contribution in [2.45, 2.75) is 17.9 Å². The third-order valence-electron chi connectivity index (χ3n) is 3.49. The zero-order valence-corrected chi connectivity index (χ0v) is 14.4. The maximum atomic E-state index is 13.0. The first-order valence-electron chi connectivity index (χ1n) is 7.51. The highest BCUT2D eigenvalue weighted by molar-refractivity contribution is 7.98. The summed E-state index contributed by atoms with van der Waals surface area (Å²) in [5.41, 5.74) is 1.04. The Hall–Kier alpha value is -2.67. The van der Waals surface area contributed by atoms with Gasteiger partial charge in [-0.15, -0.1) is 22.0 Å². The predicted octanol–water partition coefficient (Wildman–Crippen LogP) is 4.52. The van der Waals surface area contributed by atoms with Crippen molar-refractivity contribution in [3.8, 4) is 11.5 Å². The van der Waals surface area contributed by atoms with Crippen LogP contribution in [0.4, 0.5) is 4.39 Å². The summed E-state index contributed by atoms with van der Waals surface area (Å²) in [7, 11) is 0. The molecule has 5 nitrogen and oxygen atoms in total. The number of carbonyl (C=O) groups is 1. The quantitative estimate of drug-likeness (QED) is 0.494. The standard InChI is InChI=1S/C18H15FN2O3S/c1-11(23-18(22)13-5-9-15(25-2)10-6-13)16-20-21-17(24-16)12-3-7-14(19)8-4-12/h3-11H,1-2H3/t11-/m1/s1. The van der Waals surface area contributed by atoms with Crippen LogP contribution >= 0.6 is 11.8 Å². The van der Waals surface area contributed by atoms with Gasteiger partial charge in [-0.25, -0.2) is 9.18 Å². The summed E-state index contributed by atoms with van der Waals surface area (Å²) >= 11 is 1.59. The molecule has 128 valence electrons. The van der Waals surface area contributed by atoms with Crippen molar-refractivity contribution < 1.29 is 18.3 Å². The van der Waals surface area contributed by atoms with Crippen LogP contribution in [-0.2, 0) is 4.74 Å². The molecule has 0 N–H and O–H groups in total. The number of ether oxygens (including phenoxy) is 1. The lowest BCUT2D eigenvalue weighted by molar-refractivity contribution is 0.0280. The Bertz CT molecular complexity index is 863. The summed E-state index contributed by atoms with van der Waals surface area (Å²) < 4.78 is 23.8. The molecule has 1 heterocycles. The summed E-state index contributed by atoms with van der Waals surface area (Å²) in [6.45, 7) is 1.65. The molecule has 0 saturated heterocycles. The van der Waals surface area contributed by atoms with Gasteiger partial charge in [0.05, 0.1) is 5.56 Å². The van der Waals surface area contributed by atoms with Crippen LogP contribution in [-0.4, -0.2) is 22.4 Å². The van der Waals surface area contributed by atoms with Gasteiger partial charge in [0.15, 0.2) is 6.10 Å². The van der Waals surface area contributed by atoms with Gasteiger partial charge in [0.2, 0.25) is 5.89 Å². The van der Waals surface area contributed by atoms with E-state index < -0.39 is 12.1 Å². The predicted molar refractivity (Wildman–Crippen MR) is 91.7 cm³/mol. The van der Waals surface area contributed by atoms with E-state index in [1.165, 1.54) is 24.3 Å². The van der Waals surface area contributed by atoms with Crippen molar-refractivity contribution in [3.63, 3.8) is 0 Å². The van der Waals surface area contributed by atoms with Gasteiger partial charge in [0.25, 0.3) is 5.89 Å². The second-order valence-corrected chi connectivity index (χ2v) is 6.11. The van der Waals surface area contributed by atoms with E-state index in [1.54, 1.807) is 30.8 Å². The number of halogens is 1. The van der Waals surface area contributed by atoms with Crippen LogP contribution in [0.5, 0.6) is 0 Å². The molecule has 3 rings (SSSR count). The minimum absolute atomic E-state index is 0.174. The molecular formula is C18H15FN2O3S. The minimum Gasteiger partial charge on any atom is -0.449 e. The van der Waals surface area contributed by atoms with Crippen molar-refractivity contribution in [3.05, 3.63) is 65.8 Å². The third-order valence-corrected chi connectivity index (χ3v) is 4.23. The van der Waals surface area contributed by atoms with Crippen LogP contribution in [0, 0.1) is 5.82 Å². The van der Waals surface area contributed by atoms with Crippen molar-refractivity contribution in [1.29, 1.82) is 0 Å². The highest BCUT2D eigenvalue weighted by Gasteiger charge is 2.20.